The van der Waals surface area contributed by atoms with E-state index in [9.17, 15) is 9.59 Å². The van der Waals surface area contributed by atoms with Gasteiger partial charge in [0.1, 0.15) is 12.2 Å². The van der Waals surface area contributed by atoms with E-state index >= 15 is 0 Å². The van der Waals surface area contributed by atoms with Crippen LogP contribution >= 0.6 is 0 Å². The smallest absolute Gasteiger partial charge is 0.327 e. The zero-order valence-corrected chi connectivity index (χ0v) is 10.7. The maximum atomic E-state index is 11.8. The monoisotopic (exact) mass is 276 g/mol. The Morgan fingerprint density at radius 3 is 2.95 bits per heavy atom. The van der Waals surface area contributed by atoms with Gasteiger partial charge >= 0.3 is 5.97 Å². The minimum atomic E-state index is -0.457. The van der Waals surface area contributed by atoms with Gasteiger partial charge in [-0.3, -0.25) is 14.6 Å². The standard InChI is InChI=1S/C11H12N6O3/c1-2-20-10(18)7-17-6-9(15-16-17)14-11(19)8-5-12-3-4-13-8/h3-6H,2,7H2,1H3,(H,14,19). The molecule has 0 radical (unpaired) electrons. The van der Waals surface area contributed by atoms with Gasteiger partial charge < -0.3 is 10.1 Å². The highest BCUT2D eigenvalue weighted by atomic mass is 16.5. The highest BCUT2D eigenvalue weighted by molar-refractivity contribution is 6.01. The van der Waals surface area contributed by atoms with Crippen molar-refractivity contribution in [3.63, 3.8) is 0 Å². The van der Waals surface area contributed by atoms with Gasteiger partial charge in [-0.1, -0.05) is 5.21 Å². The van der Waals surface area contributed by atoms with Gasteiger partial charge in [-0.05, 0) is 6.92 Å². The third kappa shape index (κ3) is 3.57. The number of nitrogens with one attached hydrogen (secondary N) is 1. The molecule has 20 heavy (non-hydrogen) atoms. The van der Waals surface area contributed by atoms with Crippen LogP contribution < -0.4 is 5.32 Å². The first-order valence-electron chi connectivity index (χ1n) is 5.82. The summed E-state index contributed by atoms with van der Waals surface area (Å²) in [5.74, 6) is -0.671. The summed E-state index contributed by atoms with van der Waals surface area (Å²) in [6.45, 7) is 1.94. The Morgan fingerprint density at radius 2 is 2.25 bits per heavy atom. The van der Waals surface area contributed by atoms with E-state index in [2.05, 4.69) is 25.6 Å². The summed E-state index contributed by atoms with van der Waals surface area (Å²) in [4.78, 5) is 30.7. The zero-order chi connectivity index (χ0) is 14.4. The minimum Gasteiger partial charge on any atom is -0.465 e. The van der Waals surface area contributed by atoms with Crippen LogP contribution in [-0.4, -0.2) is 43.4 Å². The summed E-state index contributed by atoms with van der Waals surface area (Å²) in [5, 5.41) is 9.92. The molecule has 0 bridgehead atoms. The van der Waals surface area contributed by atoms with Gasteiger partial charge in [-0.2, -0.15) is 0 Å². The molecule has 9 heteroatoms. The number of carbonyl (C=O) groups is 2. The van der Waals surface area contributed by atoms with Crippen LogP contribution in [0, 0.1) is 0 Å². The van der Waals surface area contributed by atoms with E-state index < -0.39 is 11.9 Å². The van der Waals surface area contributed by atoms with Crippen LogP contribution in [0.2, 0.25) is 0 Å². The number of aromatic nitrogens is 5. The molecule has 0 unspecified atom stereocenters. The van der Waals surface area contributed by atoms with Gasteiger partial charge in [0.05, 0.1) is 19.0 Å². The topological polar surface area (TPSA) is 112 Å². The molecule has 0 atom stereocenters. The summed E-state index contributed by atoms with van der Waals surface area (Å²) >= 11 is 0. The molecule has 2 heterocycles. The van der Waals surface area contributed by atoms with E-state index in [1.807, 2.05) is 0 Å². The molecule has 0 fully saturated rings. The summed E-state index contributed by atoms with van der Waals surface area (Å²) in [7, 11) is 0. The lowest BCUT2D eigenvalue weighted by Crippen LogP contribution is -2.14. The van der Waals surface area contributed by atoms with Crippen LogP contribution in [0.4, 0.5) is 5.82 Å². The quantitative estimate of drug-likeness (QED) is 0.758. The van der Waals surface area contributed by atoms with Gasteiger partial charge in [-0.15, -0.1) is 5.10 Å². The Morgan fingerprint density at radius 1 is 1.40 bits per heavy atom. The molecule has 1 N–H and O–H groups in total. The molecule has 1 amide bonds. The van der Waals surface area contributed by atoms with E-state index in [4.69, 9.17) is 4.74 Å². The fraction of sp³-hybridized carbons (Fsp3) is 0.273. The van der Waals surface area contributed by atoms with Crippen LogP contribution in [0.25, 0.3) is 0 Å². The van der Waals surface area contributed by atoms with Gasteiger partial charge in [0, 0.05) is 12.4 Å². The summed E-state index contributed by atoms with van der Waals surface area (Å²) in [6.07, 6.45) is 5.63. The molecule has 2 rings (SSSR count). The molecule has 0 saturated heterocycles. The van der Waals surface area contributed by atoms with E-state index in [0.717, 1.165) is 0 Å². The van der Waals surface area contributed by atoms with Gasteiger partial charge in [-0.25, -0.2) is 9.67 Å². The van der Waals surface area contributed by atoms with E-state index in [0.29, 0.717) is 6.61 Å². The Hall–Kier alpha value is -2.84. The van der Waals surface area contributed by atoms with Gasteiger partial charge in [0.15, 0.2) is 5.82 Å². The number of nitrogens with zero attached hydrogens (tertiary/aromatic N) is 5. The molecule has 9 nitrogen and oxygen atoms in total. The summed E-state index contributed by atoms with van der Waals surface area (Å²) in [6, 6.07) is 0. The lowest BCUT2D eigenvalue weighted by molar-refractivity contribution is -0.144. The van der Waals surface area contributed by atoms with E-state index in [1.165, 1.54) is 29.5 Å². The van der Waals surface area contributed by atoms with Crippen LogP contribution in [0.15, 0.2) is 24.8 Å². The van der Waals surface area contributed by atoms with Crippen molar-refractivity contribution in [3.8, 4) is 0 Å². The average Bonchev–Trinajstić information content (AvgIpc) is 2.87. The van der Waals surface area contributed by atoms with Crippen LogP contribution in [-0.2, 0) is 16.1 Å². The van der Waals surface area contributed by atoms with Crippen molar-refractivity contribution in [2.45, 2.75) is 13.5 Å². The van der Waals surface area contributed by atoms with Crippen molar-refractivity contribution in [1.29, 1.82) is 0 Å². The fourth-order valence-electron chi connectivity index (χ4n) is 1.37. The van der Waals surface area contributed by atoms with Crippen LogP contribution in [0.5, 0.6) is 0 Å². The van der Waals surface area contributed by atoms with Crippen molar-refractivity contribution in [1.82, 2.24) is 25.0 Å². The number of rotatable bonds is 5. The Balaban J connectivity index is 1.96. The molecule has 104 valence electrons. The lowest BCUT2D eigenvalue weighted by atomic mass is 10.4. The third-order valence-corrected chi connectivity index (χ3v) is 2.17. The minimum absolute atomic E-state index is 0.0676. The average molecular weight is 276 g/mol. The van der Waals surface area contributed by atoms with Crippen molar-refractivity contribution >= 4 is 17.7 Å². The molecule has 0 aromatic carbocycles. The molecule has 0 aliphatic carbocycles. The SMILES string of the molecule is CCOC(=O)Cn1cc(NC(=O)c2cnccn2)nn1. The molecule has 0 aliphatic heterocycles. The Bertz CT molecular complexity index is 597. The predicted octanol–water partition coefficient (Wildman–Crippen LogP) is -0.117. The number of carbonyl (C=O) groups excluding carboxylic acids is 2. The Kier molecular flexibility index (Phi) is 4.32. The number of ether oxygens (including phenoxy) is 1. The molecule has 0 aliphatic rings. The van der Waals surface area contributed by atoms with Gasteiger partial charge in [0.2, 0.25) is 0 Å². The van der Waals surface area contributed by atoms with E-state index in [-0.39, 0.29) is 18.1 Å². The molecule has 0 spiro atoms. The number of esters is 1. The number of amides is 1. The fourth-order valence-corrected chi connectivity index (χ4v) is 1.37. The third-order valence-electron chi connectivity index (χ3n) is 2.17. The molecular formula is C11H12N6O3. The number of hydrogen-bond acceptors (Lipinski definition) is 7. The van der Waals surface area contributed by atoms with Crippen LogP contribution in [0.3, 0.4) is 0 Å². The Labute approximate surface area is 114 Å². The highest BCUT2D eigenvalue weighted by Crippen LogP contribution is 2.03. The predicted molar refractivity (Wildman–Crippen MR) is 66.6 cm³/mol. The maximum absolute atomic E-state index is 11.8. The van der Waals surface area contributed by atoms with Crippen molar-refractivity contribution < 1.29 is 14.3 Å². The summed E-state index contributed by atoms with van der Waals surface area (Å²) < 4.78 is 6.04. The second-order valence-electron chi connectivity index (χ2n) is 3.65. The van der Waals surface area contributed by atoms with Crippen molar-refractivity contribution in [3.05, 3.63) is 30.5 Å². The lowest BCUT2D eigenvalue weighted by Gasteiger charge is -2.00. The summed E-state index contributed by atoms with van der Waals surface area (Å²) in [5.41, 5.74) is 0.160. The first kappa shape index (κ1) is 13.6. The maximum Gasteiger partial charge on any atom is 0.327 e. The van der Waals surface area contributed by atoms with Crippen LogP contribution in [0.1, 0.15) is 17.4 Å². The van der Waals surface area contributed by atoms with Crippen molar-refractivity contribution in [2.24, 2.45) is 0 Å². The molecule has 2 aromatic rings. The van der Waals surface area contributed by atoms with Crippen molar-refractivity contribution in [2.75, 3.05) is 11.9 Å². The zero-order valence-electron chi connectivity index (χ0n) is 10.7. The normalized spacial score (nSPS) is 10.1. The van der Waals surface area contributed by atoms with Gasteiger partial charge in [0.25, 0.3) is 5.91 Å². The second-order valence-corrected chi connectivity index (χ2v) is 3.65. The first-order valence-corrected chi connectivity index (χ1v) is 5.82. The number of anilines is 1. The van der Waals surface area contributed by atoms with E-state index in [1.54, 1.807) is 6.92 Å². The molecule has 2 aromatic heterocycles. The molecule has 0 saturated carbocycles. The number of hydrogen-bond donors (Lipinski definition) is 1. The second kappa shape index (κ2) is 6.36. The largest absolute Gasteiger partial charge is 0.465 e. The first-order chi connectivity index (χ1) is 9.69. The highest BCUT2D eigenvalue weighted by Gasteiger charge is 2.11. The molecular weight excluding hydrogens is 264 g/mol.